The summed E-state index contributed by atoms with van der Waals surface area (Å²) in [5, 5.41) is 4.69. The summed E-state index contributed by atoms with van der Waals surface area (Å²) in [6.07, 6.45) is 3.49. The minimum absolute atomic E-state index is 0.634. The van der Waals surface area contributed by atoms with Crippen molar-refractivity contribution in [1.29, 1.82) is 0 Å². The van der Waals surface area contributed by atoms with E-state index in [4.69, 9.17) is 10.8 Å². The van der Waals surface area contributed by atoms with E-state index in [0.717, 1.165) is 32.6 Å². The molecule has 20 heavy (non-hydrogen) atoms. The van der Waals surface area contributed by atoms with Crippen LogP contribution in [-0.4, -0.2) is 33.8 Å². The van der Waals surface area contributed by atoms with Crippen LogP contribution in [-0.2, 0) is 19.5 Å². The van der Waals surface area contributed by atoms with E-state index >= 15 is 0 Å². The number of hydrogen-bond donors (Lipinski definition) is 1. The van der Waals surface area contributed by atoms with Gasteiger partial charge in [0.2, 0.25) is 0 Å². The molecule has 4 nitrogen and oxygen atoms in total. The summed E-state index contributed by atoms with van der Waals surface area (Å²) in [7, 11) is 0. The SMILES string of the molecule is CCc1nn(CC)c(CN2CC(CN)CCC2C)c1Br. The van der Waals surface area contributed by atoms with Gasteiger partial charge in [-0.25, -0.2) is 0 Å². The Bertz CT molecular complexity index is 443. The van der Waals surface area contributed by atoms with Crippen molar-refractivity contribution in [3.8, 4) is 0 Å². The summed E-state index contributed by atoms with van der Waals surface area (Å²) in [6.45, 7) is 10.5. The summed E-state index contributed by atoms with van der Waals surface area (Å²) in [5.74, 6) is 0.647. The maximum absolute atomic E-state index is 5.86. The molecule has 2 heterocycles. The second kappa shape index (κ2) is 7.05. The van der Waals surface area contributed by atoms with Gasteiger partial charge < -0.3 is 5.73 Å². The summed E-state index contributed by atoms with van der Waals surface area (Å²) in [5.41, 5.74) is 8.34. The number of halogens is 1. The highest BCUT2D eigenvalue weighted by molar-refractivity contribution is 9.10. The molecule has 0 saturated carbocycles. The number of piperidine rings is 1. The first-order chi connectivity index (χ1) is 9.60. The number of aromatic nitrogens is 2. The van der Waals surface area contributed by atoms with Crippen molar-refractivity contribution < 1.29 is 0 Å². The maximum atomic E-state index is 5.86. The molecule has 1 aromatic rings. The molecule has 1 aromatic heterocycles. The van der Waals surface area contributed by atoms with Gasteiger partial charge in [-0.05, 0) is 61.5 Å². The number of aryl methyl sites for hydroxylation is 2. The molecule has 2 N–H and O–H groups in total. The molecule has 0 amide bonds. The van der Waals surface area contributed by atoms with Crippen LogP contribution < -0.4 is 5.73 Å². The lowest BCUT2D eigenvalue weighted by molar-refractivity contribution is 0.110. The van der Waals surface area contributed by atoms with Crippen LogP contribution in [0.3, 0.4) is 0 Å². The predicted octanol–water partition coefficient (Wildman–Crippen LogP) is 2.79. The number of nitrogens with zero attached hydrogens (tertiary/aromatic N) is 3. The van der Waals surface area contributed by atoms with E-state index in [1.807, 2.05) is 0 Å². The first-order valence-corrected chi connectivity index (χ1v) is 8.58. The topological polar surface area (TPSA) is 47.1 Å². The number of likely N-dealkylation sites (tertiary alicyclic amines) is 1. The standard InChI is InChI=1S/C15H27BrN4/c1-4-13-15(16)14(20(5-2)18-13)10-19-9-12(8-17)7-6-11(19)3/h11-12H,4-10,17H2,1-3H3. The molecule has 1 aliphatic rings. The zero-order valence-corrected chi connectivity index (χ0v) is 14.5. The van der Waals surface area contributed by atoms with Gasteiger partial charge in [0.25, 0.3) is 0 Å². The zero-order valence-electron chi connectivity index (χ0n) is 12.9. The number of rotatable bonds is 5. The first-order valence-electron chi connectivity index (χ1n) is 7.78. The van der Waals surface area contributed by atoms with Gasteiger partial charge in [-0.1, -0.05) is 6.92 Å². The third-order valence-electron chi connectivity index (χ3n) is 4.49. The summed E-state index contributed by atoms with van der Waals surface area (Å²) < 4.78 is 3.34. The van der Waals surface area contributed by atoms with E-state index in [1.54, 1.807) is 0 Å². The summed E-state index contributed by atoms with van der Waals surface area (Å²) >= 11 is 3.75. The molecule has 2 atom stereocenters. The Labute approximate surface area is 130 Å². The van der Waals surface area contributed by atoms with Gasteiger partial charge in [0, 0.05) is 25.7 Å². The predicted molar refractivity (Wildman–Crippen MR) is 86.6 cm³/mol. The Balaban J connectivity index is 2.17. The molecule has 114 valence electrons. The zero-order chi connectivity index (χ0) is 14.7. The van der Waals surface area contributed by atoms with Crippen LogP contribution >= 0.6 is 15.9 Å². The maximum Gasteiger partial charge on any atom is 0.0767 e. The van der Waals surface area contributed by atoms with Gasteiger partial charge in [-0.15, -0.1) is 0 Å². The van der Waals surface area contributed by atoms with Crippen LogP contribution in [0.15, 0.2) is 4.47 Å². The molecule has 2 unspecified atom stereocenters. The third-order valence-corrected chi connectivity index (χ3v) is 5.40. The van der Waals surface area contributed by atoms with E-state index < -0.39 is 0 Å². The molecule has 2 rings (SSSR count). The molecule has 5 heteroatoms. The van der Waals surface area contributed by atoms with Crippen LogP contribution in [0.4, 0.5) is 0 Å². The summed E-state index contributed by atoms with van der Waals surface area (Å²) in [4.78, 5) is 2.56. The minimum atomic E-state index is 0.634. The van der Waals surface area contributed by atoms with Crippen molar-refractivity contribution in [2.24, 2.45) is 11.7 Å². The molecule has 0 aromatic carbocycles. The van der Waals surface area contributed by atoms with Gasteiger partial charge in [-0.2, -0.15) is 5.10 Å². The van der Waals surface area contributed by atoms with E-state index in [2.05, 4.69) is 46.3 Å². The summed E-state index contributed by atoms with van der Waals surface area (Å²) in [6, 6.07) is 0.634. The van der Waals surface area contributed by atoms with Gasteiger partial charge in [0.15, 0.2) is 0 Å². The van der Waals surface area contributed by atoms with Gasteiger partial charge in [0.05, 0.1) is 15.9 Å². The lowest BCUT2D eigenvalue weighted by Crippen LogP contribution is -2.43. The second-order valence-electron chi connectivity index (χ2n) is 5.83. The fourth-order valence-electron chi connectivity index (χ4n) is 3.04. The smallest absolute Gasteiger partial charge is 0.0767 e. The molecule has 1 aliphatic heterocycles. The number of nitrogens with two attached hydrogens (primary N) is 1. The van der Waals surface area contributed by atoms with E-state index in [-0.39, 0.29) is 0 Å². The second-order valence-corrected chi connectivity index (χ2v) is 6.63. The molecule has 1 saturated heterocycles. The minimum Gasteiger partial charge on any atom is -0.330 e. The number of hydrogen-bond acceptors (Lipinski definition) is 3. The van der Waals surface area contributed by atoms with Crippen molar-refractivity contribution in [2.75, 3.05) is 13.1 Å². The fourth-order valence-corrected chi connectivity index (χ4v) is 3.73. The highest BCUT2D eigenvalue weighted by Crippen LogP contribution is 2.28. The Morgan fingerprint density at radius 3 is 2.70 bits per heavy atom. The van der Waals surface area contributed by atoms with Gasteiger partial charge in [-0.3, -0.25) is 9.58 Å². The van der Waals surface area contributed by atoms with Crippen LogP contribution in [0.2, 0.25) is 0 Å². The van der Waals surface area contributed by atoms with Gasteiger partial charge in [0.1, 0.15) is 0 Å². The Kier molecular flexibility index (Phi) is 5.64. The van der Waals surface area contributed by atoms with Crippen LogP contribution in [0, 0.1) is 5.92 Å². The van der Waals surface area contributed by atoms with Crippen molar-refractivity contribution in [2.45, 2.75) is 59.2 Å². The molecule has 0 spiro atoms. The van der Waals surface area contributed by atoms with Crippen molar-refractivity contribution >= 4 is 15.9 Å². The quantitative estimate of drug-likeness (QED) is 0.894. The van der Waals surface area contributed by atoms with Crippen LogP contribution in [0.25, 0.3) is 0 Å². The fraction of sp³-hybridized carbons (Fsp3) is 0.800. The normalized spacial score (nSPS) is 24.2. The Hall–Kier alpha value is -0.390. The van der Waals surface area contributed by atoms with Crippen molar-refractivity contribution in [1.82, 2.24) is 14.7 Å². The van der Waals surface area contributed by atoms with E-state index in [0.29, 0.717) is 12.0 Å². The molecule has 0 bridgehead atoms. The Morgan fingerprint density at radius 1 is 1.35 bits per heavy atom. The van der Waals surface area contributed by atoms with Gasteiger partial charge >= 0.3 is 0 Å². The van der Waals surface area contributed by atoms with Crippen LogP contribution in [0.1, 0.15) is 45.0 Å². The average molecular weight is 343 g/mol. The monoisotopic (exact) mass is 342 g/mol. The van der Waals surface area contributed by atoms with E-state index in [9.17, 15) is 0 Å². The van der Waals surface area contributed by atoms with Crippen LogP contribution in [0.5, 0.6) is 0 Å². The van der Waals surface area contributed by atoms with Crippen molar-refractivity contribution in [3.05, 3.63) is 15.9 Å². The highest BCUT2D eigenvalue weighted by atomic mass is 79.9. The lowest BCUT2D eigenvalue weighted by Gasteiger charge is -2.37. The third kappa shape index (κ3) is 3.26. The molecule has 1 fully saturated rings. The Morgan fingerprint density at radius 2 is 2.10 bits per heavy atom. The molecular formula is C15H27BrN4. The average Bonchev–Trinajstić information content (AvgIpc) is 2.77. The largest absolute Gasteiger partial charge is 0.330 e. The first kappa shape index (κ1) is 16.0. The highest BCUT2D eigenvalue weighted by Gasteiger charge is 2.26. The molecule has 0 radical (unpaired) electrons. The molecule has 0 aliphatic carbocycles. The van der Waals surface area contributed by atoms with Crippen molar-refractivity contribution in [3.63, 3.8) is 0 Å². The lowest BCUT2D eigenvalue weighted by atomic mass is 9.93. The molecular weight excluding hydrogens is 316 g/mol. The van der Waals surface area contributed by atoms with E-state index in [1.165, 1.54) is 28.7 Å².